The van der Waals surface area contributed by atoms with Gasteiger partial charge in [-0.25, -0.2) is 9.59 Å². The molecule has 3 rings (SSSR count). The first-order valence-electron chi connectivity index (χ1n) is 9.57. The summed E-state index contributed by atoms with van der Waals surface area (Å²) in [6, 6.07) is -1.59. The summed E-state index contributed by atoms with van der Waals surface area (Å²) in [6.45, 7) is 5.04. The van der Waals surface area contributed by atoms with Crippen LogP contribution in [0.5, 0.6) is 0 Å². The third-order valence-corrected chi connectivity index (χ3v) is 6.11. The van der Waals surface area contributed by atoms with Gasteiger partial charge in [-0.1, -0.05) is 0 Å². The molecule has 0 aromatic carbocycles. The maximum Gasteiger partial charge on any atom is 0.412 e. The number of fused-ring (bicyclic) bond motifs is 1. The number of methoxy groups -OCH3 is 1. The first kappa shape index (κ1) is 23.3. The Morgan fingerprint density at radius 1 is 1.19 bits per heavy atom. The topological polar surface area (TPSA) is 156 Å². The van der Waals surface area contributed by atoms with Crippen LogP contribution in [0.25, 0.3) is 0 Å². The van der Waals surface area contributed by atoms with Gasteiger partial charge in [0.15, 0.2) is 11.5 Å². The molecule has 0 unspecified atom stereocenters. The van der Waals surface area contributed by atoms with Crippen LogP contribution in [-0.2, 0) is 33.4 Å². The molecular weight excluding hydrogens is 438 g/mol. The molecule has 0 aromatic heterocycles. The Morgan fingerprint density at radius 2 is 1.87 bits per heavy atom. The van der Waals surface area contributed by atoms with Crippen molar-refractivity contribution in [3.05, 3.63) is 10.1 Å². The largest absolute Gasteiger partial charge is 0.467 e. The molecular formula is C17H25N3O10S. The smallest absolute Gasteiger partial charge is 0.412 e. The van der Waals surface area contributed by atoms with Gasteiger partial charge in [0.1, 0.15) is 23.9 Å². The number of rotatable bonds is 5. The van der Waals surface area contributed by atoms with E-state index in [1.165, 1.54) is 7.11 Å². The molecule has 6 atom stereocenters. The highest BCUT2D eigenvalue weighted by Crippen LogP contribution is 2.33. The number of hydrogen-bond donors (Lipinski definition) is 1. The van der Waals surface area contributed by atoms with E-state index in [9.17, 15) is 24.5 Å². The molecule has 3 aliphatic rings. The number of nitrogens with one attached hydrogen (secondary N) is 1. The van der Waals surface area contributed by atoms with Gasteiger partial charge in [-0.2, -0.15) is 0 Å². The highest BCUT2D eigenvalue weighted by molar-refractivity contribution is 8.00. The van der Waals surface area contributed by atoms with E-state index in [1.807, 2.05) is 0 Å². The molecule has 0 spiro atoms. The van der Waals surface area contributed by atoms with Crippen LogP contribution < -0.4 is 5.32 Å². The predicted octanol–water partition coefficient (Wildman–Crippen LogP) is -0.303. The van der Waals surface area contributed by atoms with Gasteiger partial charge in [-0.05, 0) is 20.8 Å². The Kier molecular flexibility index (Phi) is 6.81. The number of nitrogens with zero attached hydrogens (tertiary/aromatic N) is 2. The predicted molar refractivity (Wildman–Crippen MR) is 103 cm³/mol. The van der Waals surface area contributed by atoms with Gasteiger partial charge in [-0.3, -0.25) is 9.69 Å². The summed E-state index contributed by atoms with van der Waals surface area (Å²) in [4.78, 5) is 54.1. The SMILES string of the molecule is COC(=O)[C@H]1SC[C@@H](C(=O)N[C@H]2CO[C@H]3[C@@H]2OC[C@@H]3O[N+](=O)[O-])N1C(=O)OC(C)(C)C. The first-order valence-corrected chi connectivity index (χ1v) is 10.6. The molecule has 174 valence electrons. The Bertz CT molecular complexity index is 744. The second kappa shape index (κ2) is 9.04. The Labute approximate surface area is 182 Å². The van der Waals surface area contributed by atoms with Gasteiger partial charge in [-0.15, -0.1) is 21.9 Å². The fourth-order valence-electron chi connectivity index (χ4n) is 3.60. The van der Waals surface area contributed by atoms with Gasteiger partial charge in [0.2, 0.25) is 5.91 Å². The van der Waals surface area contributed by atoms with Gasteiger partial charge in [0.25, 0.3) is 5.09 Å². The molecule has 3 aliphatic heterocycles. The van der Waals surface area contributed by atoms with Crippen molar-refractivity contribution in [2.45, 2.75) is 62.1 Å². The maximum absolute atomic E-state index is 13.0. The van der Waals surface area contributed by atoms with Crippen LogP contribution in [0.3, 0.4) is 0 Å². The third-order valence-electron chi connectivity index (χ3n) is 4.87. The molecule has 0 aliphatic carbocycles. The van der Waals surface area contributed by atoms with Gasteiger partial charge < -0.3 is 29.1 Å². The Morgan fingerprint density at radius 3 is 2.48 bits per heavy atom. The van der Waals surface area contributed by atoms with Crippen LogP contribution in [0, 0.1) is 10.1 Å². The minimum atomic E-state index is -1.02. The van der Waals surface area contributed by atoms with Crippen molar-refractivity contribution in [3.8, 4) is 0 Å². The molecule has 3 saturated heterocycles. The standard InChI is InChI=1S/C17H25N3O10S/c1-17(2,3)29-16(23)19-9(7-31-14(19)15(22)26-4)13(21)18-8-5-27-12-10(30-20(24)25)6-28-11(8)12/h8-12,14H,5-7H2,1-4H3,(H,18,21)/t8-,9-,10-,11+,12+,14+/m0/s1. The molecule has 0 aromatic rings. The number of hydrogen-bond acceptors (Lipinski definition) is 11. The first-order chi connectivity index (χ1) is 14.5. The third kappa shape index (κ3) is 5.13. The number of esters is 1. The van der Waals surface area contributed by atoms with E-state index in [0.717, 1.165) is 16.7 Å². The quantitative estimate of drug-likeness (QED) is 0.324. The summed E-state index contributed by atoms with van der Waals surface area (Å²) in [7, 11) is 1.19. The zero-order chi connectivity index (χ0) is 22.9. The van der Waals surface area contributed by atoms with Crippen molar-refractivity contribution in [2.75, 3.05) is 26.1 Å². The van der Waals surface area contributed by atoms with Crippen molar-refractivity contribution in [1.29, 1.82) is 0 Å². The number of amides is 2. The lowest BCUT2D eigenvalue weighted by Gasteiger charge is -2.30. The van der Waals surface area contributed by atoms with E-state index in [1.54, 1.807) is 20.8 Å². The number of thioether (sulfide) groups is 1. The zero-order valence-electron chi connectivity index (χ0n) is 17.5. The second-order valence-electron chi connectivity index (χ2n) is 8.19. The Balaban J connectivity index is 1.69. The fraction of sp³-hybridized carbons (Fsp3) is 0.824. The molecule has 0 radical (unpaired) electrons. The van der Waals surface area contributed by atoms with E-state index in [0.29, 0.717) is 0 Å². The summed E-state index contributed by atoms with van der Waals surface area (Å²) in [5, 5.41) is 11.4. The summed E-state index contributed by atoms with van der Waals surface area (Å²) < 4.78 is 21.2. The van der Waals surface area contributed by atoms with Crippen LogP contribution >= 0.6 is 11.8 Å². The van der Waals surface area contributed by atoms with E-state index >= 15 is 0 Å². The lowest BCUT2D eigenvalue weighted by atomic mass is 10.1. The molecule has 14 heteroatoms. The van der Waals surface area contributed by atoms with Crippen LogP contribution in [0.4, 0.5) is 4.79 Å². The van der Waals surface area contributed by atoms with E-state index in [2.05, 4.69) is 10.2 Å². The van der Waals surface area contributed by atoms with Crippen molar-refractivity contribution in [1.82, 2.24) is 10.2 Å². The average Bonchev–Trinajstić information content (AvgIpc) is 3.36. The molecule has 1 N–H and O–H groups in total. The summed E-state index contributed by atoms with van der Waals surface area (Å²) in [5.74, 6) is -1.05. The van der Waals surface area contributed by atoms with Gasteiger partial charge in [0.05, 0.1) is 26.4 Å². The highest BCUT2D eigenvalue weighted by Gasteiger charge is 2.52. The average molecular weight is 463 g/mol. The second-order valence-corrected chi connectivity index (χ2v) is 9.30. The molecule has 0 bridgehead atoms. The van der Waals surface area contributed by atoms with Gasteiger partial charge in [0, 0.05) is 5.75 Å². The molecule has 3 fully saturated rings. The van der Waals surface area contributed by atoms with E-state index in [4.69, 9.17) is 18.9 Å². The number of ether oxygens (including phenoxy) is 4. The molecule has 13 nitrogen and oxygen atoms in total. The van der Waals surface area contributed by atoms with E-state index in [-0.39, 0.29) is 19.0 Å². The highest BCUT2D eigenvalue weighted by atomic mass is 32.2. The van der Waals surface area contributed by atoms with Crippen molar-refractivity contribution >= 4 is 29.7 Å². The van der Waals surface area contributed by atoms with Crippen LogP contribution in [-0.4, -0.2) is 95.4 Å². The Hall–Kier alpha value is -2.32. The lowest BCUT2D eigenvalue weighted by Crippen LogP contribution is -2.56. The number of carbonyl (C=O) groups excluding carboxylic acids is 3. The molecule has 31 heavy (non-hydrogen) atoms. The summed E-state index contributed by atoms with van der Waals surface area (Å²) >= 11 is 1.09. The minimum absolute atomic E-state index is 0.0452. The molecule has 3 heterocycles. The normalized spacial score (nSPS) is 32.3. The summed E-state index contributed by atoms with van der Waals surface area (Å²) in [5.41, 5.74) is -0.831. The fourth-order valence-corrected chi connectivity index (χ4v) is 4.90. The van der Waals surface area contributed by atoms with Crippen LogP contribution in [0.15, 0.2) is 0 Å². The van der Waals surface area contributed by atoms with E-state index < -0.39 is 64.4 Å². The lowest BCUT2D eigenvalue weighted by molar-refractivity contribution is -0.769. The van der Waals surface area contributed by atoms with Crippen molar-refractivity contribution in [3.63, 3.8) is 0 Å². The van der Waals surface area contributed by atoms with Crippen molar-refractivity contribution < 1.29 is 43.3 Å². The maximum atomic E-state index is 13.0. The molecule has 2 amide bonds. The monoisotopic (exact) mass is 463 g/mol. The summed E-state index contributed by atoms with van der Waals surface area (Å²) in [6.07, 6.45) is -3.02. The number of carbonyl (C=O) groups is 3. The molecule has 0 saturated carbocycles. The van der Waals surface area contributed by atoms with Crippen LogP contribution in [0.2, 0.25) is 0 Å². The van der Waals surface area contributed by atoms with Crippen LogP contribution in [0.1, 0.15) is 20.8 Å². The minimum Gasteiger partial charge on any atom is -0.467 e. The zero-order valence-corrected chi connectivity index (χ0v) is 18.3. The van der Waals surface area contributed by atoms with Gasteiger partial charge >= 0.3 is 12.1 Å². The van der Waals surface area contributed by atoms with Crippen molar-refractivity contribution in [2.24, 2.45) is 0 Å².